The monoisotopic (exact) mass is 101 g/mol. The topological polar surface area (TPSA) is 36.8 Å². The lowest BCUT2D eigenvalue weighted by molar-refractivity contribution is 0.746. The standard InChI is InChI=1S/C4H11N3/c1-3-4-6-7-5-2/h3-4H2,1-2H3,(H,5,6). The SMILES string of the molecule is CCC/N=N\NC. The molecule has 0 aromatic heterocycles. The van der Waals surface area contributed by atoms with E-state index in [1.165, 1.54) is 0 Å². The van der Waals surface area contributed by atoms with E-state index in [-0.39, 0.29) is 0 Å². The van der Waals surface area contributed by atoms with E-state index in [2.05, 4.69) is 22.7 Å². The maximum Gasteiger partial charge on any atom is 0.0617 e. The van der Waals surface area contributed by atoms with E-state index in [9.17, 15) is 0 Å². The van der Waals surface area contributed by atoms with Gasteiger partial charge in [-0.2, -0.15) is 5.11 Å². The Hall–Kier alpha value is -0.600. The third-order valence-electron chi connectivity index (χ3n) is 0.494. The molecule has 0 atom stereocenters. The molecule has 0 aromatic carbocycles. The van der Waals surface area contributed by atoms with Crippen molar-refractivity contribution in [2.75, 3.05) is 13.6 Å². The first kappa shape index (κ1) is 6.40. The van der Waals surface area contributed by atoms with E-state index in [0.29, 0.717) is 0 Å². The van der Waals surface area contributed by atoms with Crippen LogP contribution in [-0.4, -0.2) is 13.6 Å². The summed E-state index contributed by atoms with van der Waals surface area (Å²) < 4.78 is 0. The Morgan fingerprint density at radius 3 is 2.71 bits per heavy atom. The zero-order chi connectivity index (χ0) is 5.54. The highest BCUT2D eigenvalue weighted by atomic mass is 15.4. The molecule has 42 valence electrons. The average molecular weight is 101 g/mol. The van der Waals surface area contributed by atoms with Gasteiger partial charge in [0.1, 0.15) is 0 Å². The maximum absolute atomic E-state index is 3.72. The highest BCUT2D eigenvalue weighted by Gasteiger charge is 1.68. The lowest BCUT2D eigenvalue weighted by atomic mass is 10.5. The van der Waals surface area contributed by atoms with E-state index < -0.39 is 0 Å². The normalized spacial score (nSPS) is 10.0. The van der Waals surface area contributed by atoms with E-state index in [0.717, 1.165) is 13.0 Å². The van der Waals surface area contributed by atoms with E-state index >= 15 is 0 Å². The van der Waals surface area contributed by atoms with E-state index in [1.807, 2.05) is 0 Å². The van der Waals surface area contributed by atoms with Gasteiger partial charge >= 0.3 is 0 Å². The van der Waals surface area contributed by atoms with E-state index in [1.54, 1.807) is 7.05 Å². The fraction of sp³-hybridized carbons (Fsp3) is 1.00. The van der Waals surface area contributed by atoms with Gasteiger partial charge in [0.2, 0.25) is 0 Å². The molecule has 7 heavy (non-hydrogen) atoms. The summed E-state index contributed by atoms with van der Waals surface area (Å²) in [7, 11) is 1.74. The Morgan fingerprint density at radius 2 is 2.29 bits per heavy atom. The number of nitrogens with one attached hydrogen (secondary N) is 1. The van der Waals surface area contributed by atoms with Crippen molar-refractivity contribution in [2.24, 2.45) is 10.3 Å². The first-order valence-corrected chi connectivity index (χ1v) is 2.45. The smallest absolute Gasteiger partial charge is 0.0617 e. The van der Waals surface area contributed by atoms with Crippen LogP contribution in [0.3, 0.4) is 0 Å². The van der Waals surface area contributed by atoms with Crippen molar-refractivity contribution in [3.8, 4) is 0 Å². The molecule has 3 heteroatoms. The van der Waals surface area contributed by atoms with Crippen molar-refractivity contribution >= 4 is 0 Å². The number of nitrogens with zero attached hydrogens (tertiary/aromatic N) is 2. The van der Waals surface area contributed by atoms with Gasteiger partial charge in [0.05, 0.1) is 6.54 Å². The summed E-state index contributed by atoms with van der Waals surface area (Å²) in [4.78, 5) is 0. The molecule has 0 aliphatic rings. The molecule has 0 bridgehead atoms. The molecule has 0 amide bonds. The molecule has 0 radical (unpaired) electrons. The molecule has 0 rings (SSSR count). The van der Waals surface area contributed by atoms with Crippen molar-refractivity contribution in [2.45, 2.75) is 13.3 Å². The van der Waals surface area contributed by atoms with Gasteiger partial charge in [0, 0.05) is 7.05 Å². The van der Waals surface area contributed by atoms with Crippen LogP contribution < -0.4 is 5.43 Å². The molecule has 3 nitrogen and oxygen atoms in total. The van der Waals surface area contributed by atoms with Crippen molar-refractivity contribution in [1.82, 2.24) is 5.43 Å². The van der Waals surface area contributed by atoms with Gasteiger partial charge in [-0.1, -0.05) is 12.1 Å². The summed E-state index contributed by atoms with van der Waals surface area (Å²) in [5.41, 5.74) is 2.56. The largest absolute Gasteiger partial charge is 0.295 e. The lowest BCUT2D eigenvalue weighted by Gasteiger charge is -1.82. The van der Waals surface area contributed by atoms with Crippen LogP contribution in [-0.2, 0) is 0 Å². The Kier molecular flexibility index (Phi) is 4.94. The first-order chi connectivity index (χ1) is 3.41. The first-order valence-electron chi connectivity index (χ1n) is 2.45. The molecule has 1 N–H and O–H groups in total. The Labute approximate surface area is 43.8 Å². The highest BCUT2D eigenvalue weighted by molar-refractivity contribution is 4.28. The minimum absolute atomic E-state index is 0.820. The highest BCUT2D eigenvalue weighted by Crippen LogP contribution is 1.75. The zero-order valence-corrected chi connectivity index (χ0v) is 4.81. The molecular formula is C4H11N3. The molecule has 0 aliphatic carbocycles. The molecule has 0 saturated carbocycles. The van der Waals surface area contributed by atoms with Crippen molar-refractivity contribution in [3.63, 3.8) is 0 Å². The van der Waals surface area contributed by atoms with Crippen molar-refractivity contribution in [1.29, 1.82) is 0 Å². The van der Waals surface area contributed by atoms with Gasteiger partial charge < -0.3 is 0 Å². The van der Waals surface area contributed by atoms with Gasteiger partial charge in [-0.15, -0.1) is 0 Å². The van der Waals surface area contributed by atoms with Gasteiger partial charge in [-0.25, -0.2) is 0 Å². The second-order valence-corrected chi connectivity index (χ2v) is 1.19. The predicted octanol–water partition coefficient (Wildman–Crippen LogP) is 0.983. The molecule has 0 saturated heterocycles. The van der Waals surface area contributed by atoms with E-state index in [4.69, 9.17) is 0 Å². The molecule has 0 unspecified atom stereocenters. The van der Waals surface area contributed by atoms with Crippen LogP contribution in [0.2, 0.25) is 0 Å². The van der Waals surface area contributed by atoms with Crippen LogP contribution in [0.4, 0.5) is 0 Å². The third kappa shape index (κ3) is 5.40. The minimum atomic E-state index is 0.820. The van der Waals surface area contributed by atoms with Crippen LogP contribution in [0.1, 0.15) is 13.3 Å². The summed E-state index contributed by atoms with van der Waals surface area (Å²) >= 11 is 0. The maximum atomic E-state index is 3.72. The molecule has 0 spiro atoms. The van der Waals surface area contributed by atoms with Crippen LogP contribution >= 0.6 is 0 Å². The molecule has 0 aromatic rings. The summed E-state index contributed by atoms with van der Waals surface area (Å²) in [6.07, 6.45) is 1.06. The lowest BCUT2D eigenvalue weighted by Crippen LogP contribution is -1.90. The fourth-order valence-electron chi connectivity index (χ4n) is 0.221. The summed E-state index contributed by atoms with van der Waals surface area (Å²) in [6.45, 7) is 2.88. The van der Waals surface area contributed by atoms with Crippen molar-refractivity contribution < 1.29 is 0 Å². The summed E-state index contributed by atoms with van der Waals surface area (Å²) in [6, 6.07) is 0. The van der Waals surface area contributed by atoms with Gasteiger partial charge in [0.25, 0.3) is 0 Å². The molecule has 0 fully saturated rings. The quantitative estimate of drug-likeness (QED) is 0.417. The Morgan fingerprint density at radius 1 is 1.57 bits per heavy atom. The number of rotatable bonds is 3. The zero-order valence-electron chi connectivity index (χ0n) is 4.81. The summed E-state index contributed by atoms with van der Waals surface area (Å²) in [5.74, 6) is 0. The minimum Gasteiger partial charge on any atom is -0.295 e. The Bertz CT molecular complexity index is 50.9. The number of hydrogen-bond acceptors (Lipinski definition) is 2. The van der Waals surface area contributed by atoms with Crippen LogP contribution in [0.15, 0.2) is 10.3 Å². The molecule has 0 aliphatic heterocycles. The van der Waals surface area contributed by atoms with Crippen LogP contribution in [0.25, 0.3) is 0 Å². The molecular weight excluding hydrogens is 90.1 g/mol. The number of hydrogen-bond donors (Lipinski definition) is 1. The van der Waals surface area contributed by atoms with Crippen LogP contribution in [0.5, 0.6) is 0 Å². The van der Waals surface area contributed by atoms with Crippen molar-refractivity contribution in [3.05, 3.63) is 0 Å². The average Bonchev–Trinajstić information content (AvgIpc) is 1.69. The predicted molar refractivity (Wildman–Crippen MR) is 29.1 cm³/mol. The van der Waals surface area contributed by atoms with Gasteiger partial charge in [-0.05, 0) is 6.42 Å². The second-order valence-electron chi connectivity index (χ2n) is 1.19. The Balaban J connectivity index is 2.78. The molecule has 0 heterocycles. The van der Waals surface area contributed by atoms with Crippen LogP contribution in [0, 0.1) is 0 Å². The second kappa shape index (κ2) is 5.40. The fourth-order valence-corrected chi connectivity index (χ4v) is 0.221. The third-order valence-corrected chi connectivity index (χ3v) is 0.494. The summed E-state index contributed by atoms with van der Waals surface area (Å²) in [5, 5.41) is 7.26. The van der Waals surface area contributed by atoms with Gasteiger partial charge in [0.15, 0.2) is 0 Å². The van der Waals surface area contributed by atoms with Gasteiger partial charge in [-0.3, -0.25) is 5.43 Å².